The molecule has 30 heavy (non-hydrogen) atoms. The molecule has 0 atom stereocenters. The van der Waals surface area contributed by atoms with Crippen LogP contribution in [0.25, 0.3) is 0 Å². The molecule has 0 bridgehead atoms. The van der Waals surface area contributed by atoms with Crippen LogP contribution in [-0.4, -0.2) is 10.8 Å². The monoisotopic (exact) mass is 428 g/mol. The first-order valence-electron chi connectivity index (χ1n) is 10.9. The lowest BCUT2D eigenvalue weighted by atomic mass is 10.1. The predicted octanol–water partition coefficient (Wildman–Crippen LogP) is 7.61. The fraction of sp³-hybridized carbons (Fsp3) is 0.458. The van der Waals surface area contributed by atoms with Crippen molar-refractivity contribution in [1.82, 2.24) is 0 Å². The minimum absolute atomic E-state index is 0.0636. The molecule has 0 heterocycles. The Labute approximate surface area is 183 Å². The third-order valence-corrected chi connectivity index (χ3v) is 5.94. The van der Waals surface area contributed by atoms with Gasteiger partial charge in [-0.25, -0.2) is 0 Å². The van der Waals surface area contributed by atoms with E-state index in [2.05, 4.69) is 12.2 Å². The Bertz CT molecular complexity index is 776. The fourth-order valence-electron chi connectivity index (χ4n) is 3.20. The SMILES string of the molecule is CCCCCCCCCCCC(=O)Nc1ccc(Sc2ccc([N+](=O)[O-])cc2)cc1. The van der Waals surface area contributed by atoms with Crippen LogP contribution in [0.1, 0.15) is 71.1 Å². The normalized spacial score (nSPS) is 10.7. The summed E-state index contributed by atoms with van der Waals surface area (Å²) in [5, 5.41) is 13.7. The summed E-state index contributed by atoms with van der Waals surface area (Å²) in [7, 11) is 0. The molecule has 2 aromatic rings. The van der Waals surface area contributed by atoms with Crippen molar-refractivity contribution in [2.75, 3.05) is 5.32 Å². The van der Waals surface area contributed by atoms with E-state index in [4.69, 9.17) is 0 Å². The van der Waals surface area contributed by atoms with Crippen molar-refractivity contribution in [1.29, 1.82) is 0 Å². The van der Waals surface area contributed by atoms with Gasteiger partial charge in [0.1, 0.15) is 0 Å². The van der Waals surface area contributed by atoms with Crippen molar-refractivity contribution in [2.45, 2.75) is 80.9 Å². The van der Waals surface area contributed by atoms with Crippen LogP contribution in [0, 0.1) is 10.1 Å². The number of carbonyl (C=O) groups excluding carboxylic acids is 1. The number of nitro groups is 1. The smallest absolute Gasteiger partial charge is 0.269 e. The fourth-order valence-corrected chi connectivity index (χ4v) is 4.01. The number of nitrogens with zero attached hydrogens (tertiary/aromatic N) is 1. The molecular weight excluding hydrogens is 396 g/mol. The van der Waals surface area contributed by atoms with Crippen molar-refractivity contribution < 1.29 is 9.72 Å². The molecule has 0 aromatic heterocycles. The number of hydrogen-bond acceptors (Lipinski definition) is 4. The molecule has 1 amide bonds. The molecule has 0 saturated carbocycles. The molecule has 0 aliphatic rings. The van der Waals surface area contributed by atoms with Crippen molar-refractivity contribution >= 4 is 29.0 Å². The summed E-state index contributed by atoms with van der Waals surface area (Å²) in [6.07, 6.45) is 11.8. The van der Waals surface area contributed by atoms with Crippen LogP contribution in [0.15, 0.2) is 58.3 Å². The van der Waals surface area contributed by atoms with Gasteiger partial charge in [-0.1, -0.05) is 70.1 Å². The third-order valence-electron chi connectivity index (χ3n) is 4.93. The van der Waals surface area contributed by atoms with Crippen molar-refractivity contribution in [3.8, 4) is 0 Å². The Hall–Kier alpha value is -2.34. The second-order valence-corrected chi connectivity index (χ2v) is 8.65. The Balaban J connectivity index is 1.64. The highest BCUT2D eigenvalue weighted by Gasteiger charge is 2.06. The molecule has 162 valence electrons. The molecule has 0 spiro atoms. The number of benzene rings is 2. The average molecular weight is 429 g/mol. The maximum absolute atomic E-state index is 12.1. The molecule has 5 nitrogen and oxygen atoms in total. The van der Waals surface area contributed by atoms with E-state index >= 15 is 0 Å². The van der Waals surface area contributed by atoms with Gasteiger partial charge in [-0.05, 0) is 42.8 Å². The lowest BCUT2D eigenvalue weighted by molar-refractivity contribution is -0.384. The molecule has 2 rings (SSSR count). The first kappa shape index (κ1) is 23.9. The van der Waals surface area contributed by atoms with E-state index in [1.54, 1.807) is 12.1 Å². The van der Waals surface area contributed by atoms with E-state index in [1.165, 1.54) is 68.8 Å². The molecule has 1 N–H and O–H groups in total. The number of nitrogens with one attached hydrogen (secondary N) is 1. The highest BCUT2D eigenvalue weighted by Crippen LogP contribution is 2.29. The highest BCUT2D eigenvalue weighted by molar-refractivity contribution is 7.99. The third kappa shape index (κ3) is 9.44. The quantitative estimate of drug-likeness (QED) is 0.191. The van der Waals surface area contributed by atoms with Crippen LogP contribution >= 0.6 is 11.8 Å². The summed E-state index contributed by atoms with van der Waals surface area (Å²) in [5.74, 6) is 0.0636. The number of unbranched alkanes of at least 4 members (excludes halogenated alkanes) is 8. The van der Waals surface area contributed by atoms with Crippen molar-refractivity contribution in [3.05, 3.63) is 58.6 Å². The van der Waals surface area contributed by atoms with Crippen LogP contribution in [0.4, 0.5) is 11.4 Å². The first-order chi connectivity index (χ1) is 14.6. The summed E-state index contributed by atoms with van der Waals surface area (Å²) in [5.41, 5.74) is 0.883. The number of nitro benzene ring substituents is 1. The number of rotatable bonds is 14. The second kappa shape index (κ2) is 13.8. The summed E-state index contributed by atoms with van der Waals surface area (Å²) in [6, 6.07) is 14.2. The van der Waals surface area contributed by atoms with Crippen molar-refractivity contribution in [3.63, 3.8) is 0 Å². The molecule has 0 radical (unpaired) electrons. The van der Waals surface area contributed by atoms with E-state index in [0.717, 1.165) is 28.3 Å². The highest BCUT2D eigenvalue weighted by atomic mass is 32.2. The van der Waals surface area contributed by atoms with Gasteiger partial charge in [-0.3, -0.25) is 14.9 Å². The molecule has 0 aliphatic carbocycles. The summed E-state index contributed by atoms with van der Waals surface area (Å²) >= 11 is 1.53. The zero-order chi connectivity index (χ0) is 21.6. The first-order valence-corrected chi connectivity index (χ1v) is 11.7. The molecule has 0 unspecified atom stereocenters. The minimum atomic E-state index is -0.402. The van der Waals surface area contributed by atoms with E-state index in [1.807, 2.05) is 24.3 Å². The molecule has 0 saturated heterocycles. The lowest BCUT2D eigenvalue weighted by Gasteiger charge is -2.07. The topological polar surface area (TPSA) is 72.2 Å². The zero-order valence-corrected chi connectivity index (χ0v) is 18.6. The van der Waals surface area contributed by atoms with Gasteiger partial charge >= 0.3 is 0 Å². The van der Waals surface area contributed by atoms with E-state index in [-0.39, 0.29) is 11.6 Å². The van der Waals surface area contributed by atoms with Crippen LogP contribution in [0.3, 0.4) is 0 Å². The van der Waals surface area contributed by atoms with Gasteiger partial charge in [0.05, 0.1) is 4.92 Å². The molecule has 0 aliphatic heterocycles. The standard InChI is InChI=1S/C24H32N2O3S/c1-2-3-4-5-6-7-8-9-10-11-24(27)25-20-12-16-22(17-13-20)30-23-18-14-21(15-19-23)26(28)29/h12-19H,2-11H2,1H3,(H,25,27). The molecule has 0 fully saturated rings. The molecule has 6 heteroatoms. The van der Waals surface area contributed by atoms with E-state index in [0.29, 0.717) is 6.42 Å². The van der Waals surface area contributed by atoms with Gasteiger partial charge < -0.3 is 5.32 Å². The van der Waals surface area contributed by atoms with Gasteiger partial charge in [-0.2, -0.15) is 0 Å². The Morgan fingerprint density at radius 3 is 1.87 bits per heavy atom. The maximum atomic E-state index is 12.1. The predicted molar refractivity (Wildman–Crippen MR) is 124 cm³/mol. The Morgan fingerprint density at radius 2 is 1.33 bits per heavy atom. The molecule has 2 aromatic carbocycles. The second-order valence-electron chi connectivity index (χ2n) is 7.50. The Morgan fingerprint density at radius 1 is 0.833 bits per heavy atom. The van der Waals surface area contributed by atoms with Gasteiger partial charge in [0.15, 0.2) is 0 Å². The van der Waals surface area contributed by atoms with Gasteiger partial charge in [0, 0.05) is 34.0 Å². The van der Waals surface area contributed by atoms with Crippen LogP contribution in [-0.2, 0) is 4.79 Å². The molecular formula is C24H32N2O3S. The largest absolute Gasteiger partial charge is 0.326 e. The van der Waals surface area contributed by atoms with Crippen molar-refractivity contribution in [2.24, 2.45) is 0 Å². The summed E-state index contributed by atoms with van der Waals surface area (Å²) < 4.78 is 0. The number of hydrogen-bond donors (Lipinski definition) is 1. The lowest BCUT2D eigenvalue weighted by Crippen LogP contribution is -2.10. The van der Waals surface area contributed by atoms with Crippen LogP contribution in [0.2, 0.25) is 0 Å². The average Bonchev–Trinajstić information content (AvgIpc) is 2.74. The van der Waals surface area contributed by atoms with E-state index in [9.17, 15) is 14.9 Å². The number of non-ortho nitro benzene ring substituents is 1. The summed E-state index contributed by atoms with van der Waals surface area (Å²) in [6.45, 7) is 2.24. The summed E-state index contributed by atoms with van der Waals surface area (Å²) in [4.78, 5) is 24.4. The van der Waals surface area contributed by atoms with Gasteiger partial charge in [-0.15, -0.1) is 0 Å². The minimum Gasteiger partial charge on any atom is -0.326 e. The number of carbonyl (C=O) groups is 1. The number of anilines is 1. The number of amides is 1. The van der Waals surface area contributed by atoms with Crippen LogP contribution in [0.5, 0.6) is 0 Å². The Kier molecular flexibility index (Phi) is 11.0. The van der Waals surface area contributed by atoms with Gasteiger partial charge in [0.25, 0.3) is 5.69 Å². The van der Waals surface area contributed by atoms with Crippen LogP contribution < -0.4 is 5.32 Å². The van der Waals surface area contributed by atoms with Gasteiger partial charge in [0.2, 0.25) is 5.91 Å². The maximum Gasteiger partial charge on any atom is 0.269 e. The zero-order valence-electron chi connectivity index (χ0n) is 17.8. The van der Waals surface area contributed by atoms with E-state index < -0.39 is 4.92 Å².